The second-order valence-electron chi connectivity index (χ2n) is 4.56. The van der Waals surface area contributed by atoms with E-state index in [1.165, 1.54) is 12.3 Å². The molecule has 0 saturated heterocycles. The number of ether oxygens (including phenoxy) is 1. The number of carbonyl (C=O) groups is 1. The molecule has 2 rings (SSSR count). The first-order valence-electron chi connectivity index (χ1n) is 6.27. The molecule has 1 aromatic rings. The molecule has 1 aromatic heterocycles. The van der Waals surface area contributed by atoms with E-state index in [0.717, 1.165) is 17.5 Å². The van der Waals surface area contributed by atoms with Crippen LogP contribution in [0.5, 0.6) is 5.75 Å². The third kappa shape index (κ3) is 3.54. The maximum absolute atomic E-state index is 11.9. The molecule has 0 aliphatic heterocycles. The van der Waals surface area contributed by atoms with Gasteiger partial charge in [0.25, 0.3) is 5.56 Å². The number of rotatable bonds is 6. The zero-order chi connectivity index (χ0) is 13.8. The lowest BCUT2D eigenvalue weighted by Gasteiger charge is -2.16. The van der Waals surface area contributed by atoms with Crippen molar-refractivity contribution in [2.75, 3.05) is 20.2 Å². The van der Waals surface area contributed by atoms with Crippen LogP contribution in [0.4, 0.5) is 0 Å². The number of likely N-dealkylation sites (N-methyl/N-ethyl adjacent to an activating group) is 1. The zero-order valence-corrected chi connectivity index (χ0v) is 10.9. The summed E-state index contributed by atoms with van der Waals surface area (Å²) in [7, 11) is 1.75. The van der Waals surface area contributed by atoms with Gasteiger partial charge in [0.1, 0.15) is 18.9 Å². The van der Waals surface area contributed by atoms with Crippen molar-refractivity contribution in [3.63, 3.8) is 0 Å². The number of carbonyl (C=O) groups excluding carboxylic acids is 1. The second kappa shape index (κ2) is 5.83. The first-order chi connectivity index (χ1) is 9.11. The van der Waals surface area contributed by atoms with E-state index in [9.17, 15) is 9.59 Å². The van der Waals surface area contributed by atoms with Gasteiger partial charge in [-0.2, -0.15) is 5.10 Å². The van der Waals surface area contributed by atoms with Crippen LogP contribution in [-0.2, 0) is 11.3 Å². The van der Waals surface area contributed by atoms with Crippen molar-refractivity contribution in [2.24, 2.45) is 5.73 Å². The Morgan fingerprint density at radius 1 is 1.63 bits per heavy atom. The van der Waals surface area contributed by atoms with Gasteiger partial charge in [0.15, 0.2) is 0 Å². The van der Waals surface area contributed by atoms with Crippen LogP contribution < -0.4 is 16.0 Å². The van der Waals surface area contributed by atoms with E-state index in [0.29, 0.717) is 24.9 Å². The molecule has 0 bridgehead atoms. The topological polar surface area (TPSA) is 90.4 Å². The molecule has 0 atom stereocenters. The summed E-state index contributed by atoms with van der Waals surface area (Å²) in [6.45, 7) is 0.658. The van der Waals surface area contributed by atoms with Crippen molar-refractivity contribution >= 4 is 5.91 Å². The van der Waals surface area contributed by atoms with Gasteiger partial charge in [-0.25, -0.2) is 4.68 Å². The molecule has 1 heterocycles. The molecule has 7 nitrogen and oxygen atoms in total. The van der Waals surface area contributed by atoms with Crippen molar-refractivity contribution in [2.45, 2.75) is 25.4 Å². The minimum Gasteiger partial charge on any atom is -0.490 e. The molecule has 0 unspecified atom stereocenters. The van der Waals surface area contributed by atoms with Crippen LogP contribution in [0.2, 0.25) is 0 Å². The zero-order valence-electron chi connectivity index (χ0n) is 10.9. The largest absolute Gasteiger partial charge is 0.490 e. The number of hydrogen-bond donors (Lipinski definition) is 1. The maximum Gasteiger partial charge on any atom is 0.270 e. The highest BCUT2D eigenvalue weighted by molar-refractivity contribution is 5.76. The second-order valence-corrected chi connectivity index (χ2v) is 4.56. The molecule has 1 aliphatic rings. The fourth-order valence-corrected chi connectivity index (χ4v) is 1.70. The van der Waals surface area contributed by atoms with E-state index in [1.54, 1.807) is 11.9 Å². The van der Waals surface area contributed by atoms with Gasteiger partial charge >= 0.3 is 0 Å². The Bertz CT molecular complexity index is 510. The normalized spacial score (nSPS) is 14.2. The Kier molecular flexibility index (Phi) is 4.16. The van der Waals surface area contributed by atoms with E-state index in [4.69, 9.17) is 10.5 Å². The summed E-state index contributed by atoms with van der Waals surface area (Å²) in [5, 5.41) is 3.92. The van der Waals surface area contributed by atoms with E-state index in [-0.39, 0.29) is 18.0 Å². The molecule has 0 aromatic carbocycles. The lowest BCUT2D eigenvalue weighted by atomic mass is 10.4. The first kappa shape index (κ1) is 13.5. The summed E-state index contributed by atoms with van der Waals surface area (Å²) in [5.41, 5.74) is 4.94. The molecule has 104 valence electrons. The predicted octanol–water partition coefficient (Wildman–Crippen LogP) is -0.798. The minimum absolute atomic E-state index is 0.0387. The van der Waals surface area contributed by atoms with Gasteiger partial charge < -0.3 is 15.4 Å². The Morgan fingerprint density at radius 3 is 2.95 bits per heavy atom. The van der Waals surface area contributed by atoms with Gasteiger partial charge in [-0.05, 0) is 12.8 Å². The average Bonchev–Trinajstić information content (AvgIpc) is 3.22. The summed E-state index contributed by atoms with van der Waals surface area (Å²) >= 11 is 0. The maximum atomic E-state index is 11.9. The van der Waals surface area contributed by atoms with Crippen molar-refractivity contribution in [1.29, 1.82) is 0 Å². The van der Waals surface area contributed by atoms with E-state index >= 15 is 0 Å². The third-order valence-corrected chi connectivity index (χ3v) is 3.00. The van der Waals surface area contributed by atoms with Gasteiger partial charge in [-0.15, -0.1) is 0 Å². The molecule has 19 heavy (non-hydrogen) atoms. The van der Waals surface area contributed by atoms with Crippen molar-refractivity contribution in [3.05, 3.63) is 22.6 Å². The molecular formula is C12H18N4O3. The molecule has 0 spiro atoms. The minimum atomic E-state index is -0.355. The van der Waals surface area contributed by atoms with E-state index in [1.807, 2.05) is 0 Å². The fraction of sp³-hybridized carbons (Fsp3) is 0.583. The molecule has 1 amide bonds. The SMILES string of the molecule is CN(C(=O)Cn1ncc(OCCN)cc1=O)C1CC1. The summed E-state index contributed by atoms with van der Waals surface area (Å²) in [6.07, 6.45) is 3.49. The molecule has 2 N–H and O–H groups in total. The van der Waals surface area contributed by atoms with Crippen LogP contribution >= 0.6 is 0 Å². The lowest BCUT2D eigenvalue weighted by Crippen LogP contribution is -2.36. The quantitative estimate of drug-likeness (QED) is 0.728. The van der Waals surface area contributed by atoms with Crippen LogP contribution in [0.15, 0.2) is 17.1 Å². The highest BCUT2D eigenvalue weighted by atomic mass is 16.5. The number of hydrogen-bond acceptors (Lipinski definition) is 5. The Balaban J connectivity index is 2.00. The Morgan fingerprint density at radius 2 is 2.37 bits per heavy atom. The highest BCUT2D eigenvalue weighted by Crippen LogP contribution is 2.25. The average molecular weight is 266 g/mol. The smallest absolute Gasteiger partial charge is 0.270 e. The number of amides is 1. The first-order valence-corrected chi connectivity index (χ1v) is 6.27. The monoisotopic (exact) mass is 266 g/mol. The van der Waals surface area contributed by atoms with Gasteiger partial charge in [-0.3, -0.25) is 9.59 Å². The lowest BCUT2D eigenvalue weighted by molar-refractivity contribution is -0.131. The van der Waals surface area contributed by atoms with Gasteiger partial charge in [0.05, 0.1) is 6.20 Å². The highest BCUT2D eigenvalue weighted by Gasteiger charge is 2.29. The molecule has 0 radical (unpaired) electrons. The summed E-state index contributed by atoms with van der Waals surface area (Å²) < 4.78 is 6.33. The van der Waals surface area contributed by atoms with Crippen molar-refractivity contribution < 1.29 is 9.53 Å². The van der Waals surface area contributed by atoms with Gasteiger partial charge in [-0.1, -0.05) is 0 Å². The van der Waals surface area contributed by atoms with Crippen molar-refractivity contribution in [1.82, 2.24) is 14.7 Å². The fourth-order valence-electron chi connectivity index (χ4n) is 1.70. The molecule has 1 aliphatic carbocycles. The molecule has 7 heteroatoms. The van der Waals surface area contributed by atoms with Crippen LogP contribution in [0, 0.1) is 0 Å². The summed E-state index contributed by atoms with van der Waals surface area (Å²) in [4.78, 5) is 25.3. The number of aromatic nitrogens is 2. The van der Waals surface area contributed by atoms with Crippen LogP contribution in [0.25, 0.3) is 0 Å². The van der Waals surface area contributed by atoms with E-state index in [2.05, 4.69) is 5.10 Å². The van der Waals surface area contributed by atoms with Gasteiger partial charge in [0, 0.05) is 25.7 Å². The Labute approximate surface area is 110 Å². The summed E-state index contributed by atoms with van der Waals surface area (Å²) in [5.74, 6) is 0.266. The van der Waals surface area contributed by atoms with Gasteiger partial charge in [0.2, 0.25) is 5.91 Å². The summed E-state index contributed by atoms with van der Waals surface area (Å²) in [6, 6.07) is 1.64. The van der Waals surface area contributed by atoms with E-state index < -0.39 is 0 Å². The molecule has 1 saturated carbocycles. The molecule has 1 fully saturated rings. The van der Waals surface area contributed by atoms with Crippen molar-refractivity contribution in [3.8, 4) is 5.75 Å². The van der Waals surface area contributed by atoms with Crippen LogP contribution in [0.3, 0.4) is 0 Å². The predicted molar refractivity (Wildman–Crippen MR) is 68.8 cm³/mol. The van der Waals surface area contributed by atoms with Crippen LogP contribution in [-0.4, -0.2) is 46.8 Å². The third-order valence-electron chi connectivity index (χ3n) is 3.00. The molecular weight excluding hydrogens is 248 g/mol. The Hall–Kier alpha value is -1.89. The number of nitrogens with two attached hydrogens (primary N) is 1. The standard InChI is InChI=1S/C12H18N4O3/c1-15(9-2-3-9)12(18)8-16-11(17)6-10(7-14-16)19-5-4-13/h6-7,9H,2-5,8,13H2,1H3. The number of nitrogens with zero attached hydrogens (tertiary/aromatic N) is 3. The van der Waals surface area contributed by atoms with Crippen LogP contribution in [0.1, 0.15) is 12.8 Å².